The SMILES string of the molecule is CC(=O)c1ccccc1OCCN(C)S(=O)(=O)c1cccs1. The Bertz CT molecular complexity index is 739. The Morgan fingerprint density at radius 2 is 1.95 bits per heavy atom. The van der Waals surface area contributed by atoms with Gasteiger partial charge in [-0.15, -0.1) is 11.3 Å². The fourth-order valence-electron chi connectivity index (χ4n) is 1.85. The van der Waals surface area contributed by atoms with Crippen LogP contribution in [-0.2, 0) is 10.0 Å². The molecule has 0 amide bonds. The molecule has 0 saturated carbocycles. The Morgan fingerprint density at radius 3 is 2.59 bits per heavy atom. The van der Waals surface area contributed by atoms with Gasteiger partial charge in [-0.05, 0) is 30.5 Å². The van der Waals surface area contributed by atoms with Crippen molar-refractivity contribution in [2.75, 3.05) is 20.2 Å². The highest BCUT2D eigenvalue weighted by atomic mass is 32.2. The molecule has 0 radical (unpaired) electrons. The van der Waals surface area contributed by atoms with Crippen LogP contribution in [0.25, 0.3) is 0 Å². The Kier molecular flexibility index (Phi) is 5.33. The van der Waals surface area contributed by atoms with Crippen molar-refractivity contribution in [2.45, 2.75) is 11.1 Å². The molecule has 22 heavy (non-hydrogen) atoms. The van der Waals surface area contributed by atoms with Gasteiger partial charge >= 0.3 is 0 Å². The maximum Gasteiger partial charge on any atom is 0.252 e. The van der Waals surface area contributed by atoms with Crippen molar-refractivity contribution in [3.05, 3.63) is 47.3 Å². The highest BCUT2D eigenvalue weighted by Crippen LogP contribution is 2.21. The lowest BCUT2D eigenvalue weighted by Crippen LogP contribution is -2.30. The van der Waals surface area contributed by atoms with Gasteiger partial charge in [0.2, 0.25) is 0 Å². The lowest BCUT2D eigenvalue weighted by atomic mass is 10.1. The first kappa shape index (κ1) is 16.7. The van der Waals surface area contributed by atoms with E-state index in [2.05, 4.69) is 0 Å². The molecular weight excluding hydrogens is 322 g/mol. The van der Waals surface area contributed by atoms with E-state index in [1.165, 1.54) is 29.6 Å². The number of para-hydroxylation sites is 1. The van der Waals surface area contributed by atoms with E-state index in [4.69, 9.17) is 4.74 Å². The van der Waals surface area contributed by atoms with E-state index in [0.717, 1.165) is 0 Å². The molecule has 0 unspecified atom stereocenters. The van der Waals surface area contributed by atoms with Crippen molar-refractivity contribution in [2.24, 2.45) is 0 Å². The van der Waals surface area contributed by atoms with Crippen LogP contribution >= 0.6 is 11.3 Å². The second kappa shape index (κ2) is 7.04. The van der Waals surface area contributed by atoms with Crippen LogP contribution in [0.5, 0.6) is 5.75 Å². The smallest absolute Gasteiger partial charge is 0.252 e. The van der Waals surface area contributed by atoms with Gasteiger partial charge in [0.05, 0.1) is 5.56 Å². The normalized spacial score (nSPS) is 11.6. The lowest BCUT2D eigenvalue weighted by molar-refractivity contribution is 0.101. The Morgan fingerprint density at radius 1 is 1.23 bits per heavy atom. The number of ketones is 1. The molecule has 118 valence electrons. The first-order valence-corrected chi connectivity index (χ1v) is 8.97. The van der Waals surface area contributed by atoms with Crippen LogP contribution in [0.2, 0.25) is 0 Å². The summed E-state index contributed by atoms with van der Waals surface area (Å²) in [5, 5.41) is 1.72. The number of carbonyl (C=O) groups excluding carboxylic acids is 1. The average Bonchev–Trinajstić information content (AvgIpc) is 3.02. The predicted molar refractivity (Wildman–Crippen MR) is 86.1 cm³/mol. The standard InChI is InChI=1S/C15H17NO4S2/c1-12(17)13-6-3-4-7-14(13)20-10-9-16(2)22(18,19)15-8-5-11-21-15/h3-8,11H,9-10H2,1-2H3. The third-order valence-corrected chi connectivity index (χ3v) is 6.32. The molecule has 2 rings (SSSR count). The zero-order valence-electron chi connectivity index (χ0n) is 12.4. The molecule has 5 nitrogen and oxygen atoms in total. The van der Waals surface area contributed by atoms with Gasteiger partial charge in [0.1, 0.15) is 16.6 Å². The summed E-state index contributed by atoms with van der Waals surface area (Å²) in [6.45, 7) is 1.84. The number of thiophene rings is 1. The molecule has 7 heteroatoms. The summed E-state index contributed by atoms with van der Waals surface area (Å²) >= 11 is 1.18. The van der Waals surface area contributed by atoms with E-state index < -0.39 is 10.0 Å². The second-order valence-corrected chi connectivity index (χ2v) is 7.88. The van der Waals surface area contributed by atoms with Crippen molar-refractivity contribution in [1.82, 2.24) is 4.31 Å². The molecule has 0 N–H and O–H groups in total. The molecule has 2 aromatic rings. The molecule has 1 aromatic heterocycles. The van der Waals surface area contributed by atoms with Crippen LogP contribution in [0.1, 0.15) is 17.3 Å². The van der Waals surface area contributed by atoms with Gasteiger partial charge in [0, 0.05) is 13.6 Å². The average molecular weight is 339 g/mol. The lowest BCUT2D eigenvalue weighted by Gasteiger charge is -2.17. The number of Topliss-reactive ketones (excluding diaryl/α,β-unsaturated/α-hetero) is 1. The summed E-state index contributed by atoms with van der Waals surface area (Å²) in [5.41, 5.74) is 0.492. The molecule has 0 aliphatic heterocycles. The van der Waals surface area contributed by atoms with Crippen molar-refractivity contribution in [1.29, 1.82) is 0 Å². The van der Waals surface area contributed by atoms with Gasteiger partial charge in [-0.1, -0.05) is 18.2 Å². The van der Waals surface area contributed by atoms with E-state index in [9.17, 15) is 13.2 Å². The molecule has 0 bridgehead atoms. The summed E-state index contributed by atoms with van der Waals surface area (Å²) < 4.78 is 31.6. The van der Waals surface area contributed by atoms with E-state index in [1.54, 1.807) is 41.8 Å². The van der Waals surface area contributed by atoms with Crippen LogP contribution < -0.4 is 4.74 Å². The second-order valence-electron chi connectivity index (χ2n) is 4.66. The van der Waals surface area contributed by atoms with E-state index in [1.807, 2.05) is 0 Å². The topological polar surface area (TPSA) is 63.7 Å². The predicted octanol–water partition coefficient (Wildman–Crippen LogP) is 2.65. The van der Waals surface area contributed by atoms with Crippen LogP contribution in [-0.4, -0.2) is 38.7 Å². The first-order chi connectivity index (χ1) is 10.4. The summed E-state index contributed by atoms with van der Waals surface area (Å²) in [4.78, 5) is 11.5. The minimum Gasteiger partial charge on any atom is -0.491 e. The van der Waals surface area contributed by atoms with Crippen LogP contribution in [0, 0.1) is 0 Å². The van der Waals surface area contributed by atoms with Gasteiger partial charge in [0.25, 0.3) is 10.0 Å². The maximum atomic E-state index is 12.2. The Hall–Kier alpha value is -1.70. The number of sulfonamides is 1. The zero-order valence-corrected chi connectivity index (χ0v) is 14.0. The highest BCUT2D eigenvalue weighted by molar-refractivity contribution is 7.91. The van der Waals surface area contributed by atoms with E-state index in [0.29, 0.717) is 15.5 Å². The molecule has 0 aliphatic rings. The largest absolute Gasteiger partial charge is 0.491 e. The Balaban J connectivity index is 1.99. The maximum absolute atomic E-state index is 12.2. The minimum atomic E-state index is -3.47. The molecule has 0 spiro atoms. The van der Waals surface area contributed by atoms with Crippen molar-refractivity contribution >= 4 is 27.1 Å². The third-order valence-electron chi connectivity index (χ3n) is 3.09. The number of rotatable bonds is 7. The van der Waals surface area contributed by atoms with Crippen molar-refractivity contribution in [3.8, 4) is 5.75 Å². The quantitative estimate of drug-likeness (QED) is 0.728. The summed E-state index contributed by atoms with van der Waals surface area (Å²) in [5.74, 6) is 0.382. The van der Waals surface area contributed by atoms with Gasteiger partial charge in [0.15, 0.2) is 5.78 Å². The number of carbonyl (C=O) groups is 1. The number of nitrogens with zero attached hydrogens (tertiary/aromatic N) is 1. The molecule has 0 aliphatic carbocycles. The van der Waals surface area contributed by atoms with E-state index in [-0.39, 0.29) is 18.9 Å². The van der Waals surface area contributed by atoms with Crippen LogP contribution in [0.4, 0.5) is 0 Å². The van der Waals surface area contributed by atoms with Crippen LogP contribution in [0.15, 0.2) is 46.0 Å². The highest BCUT2D eigenvalue weighted by Gasteiger charge is 2.21. The molecule has 1 aromatic carbocycles. The molecule has 1 heterocycles. The number of hydrogen-bond acceptors (Lipinski definition) is 5. The van der Waals surface area contributed by atoms with Gasteiger partial charge in [-0.25, -0.2) is 8.42 Å². The van der Waals surface area contributed by atoms with Crippen molar-refractivity contribution in [3.63, 3.8) is 0 Å². The molecule has 0 saturated heterocycles. The fraction of sp³-hybridized carbons (Fsp3) is 0.267. The summed E-state index contributed by atoms with van der Waals surface area (Å²) in [6, 6.07) is 10.2. The van der Waals surface area contributed by atoms with E-state index >= 15 is 0 Å². The number of benzene rings is 1. The fourth-order valence-corrected chi connectivity index (χ4v) is 4.21. The van der Waals surface area contributed by atoms with Crippen LogP contribution in [0.3, 0.4) is 0 Å². The minimum absolute atomic E-state index is 0.0878. The first-order valence-electron chi connectivity index (χ1n) is 6.65. The molecule has 0 fully saturated rings. The Labute approximate surface area is 134 Å². The number of hydrogen-bond donors (Lipinski definition) is 0. The molecular formula is C15H17NO4S2. The summed E-state index contributed by atoms with van der Waals surface area (Å²) in [7, 11) is -1.96. The zero-order chi connectivity index (χ0) is 16.2. The number of ether oxygens (including phenoxy) is 1. The summed E-state index contributed by atoms with van der Waals surface area (Å²) in [6.07, 6.45) is 0. The van der Waals surface area contributed by atoms with Gasteiger partial charge < -0.3 is 4.74 Å². The van der Waals surface area contributed by atoms with Gasteiger partial charge in [-0.3, -0.25) is 4.79 Å². The third kappa shape index (κ3) is 3.73. The molecule has 0 atom stereocenters. The van der Waals surface area contributed by atoms with Gasteiger partial charge in [-0.2, -0.15) is 4.31 Å². The van der Waals surface area contributed by atoms with Crippen molar-refractivity contribution < 1.29 is 17.9 Å². The number of likely N-dealkylation sites (N-methyl/N-ethyl adjacent to an activating group) is 1. The monoisotopic (exact) mass is 339 g/mol.